The fourth-order valence-electron chi connectivity index (χ4n) is 1.50. The average Bonchev–Trinajstić information content (AvgIpc) is 2.35. The van der Waals surface area contributed by atoms with Crippen molar-refractivity contribution in [3.8, 4) is 0 Å². The highest BCUT2D eigenvalue weighted by atomic mass is 79.9. The van der Waals surface area contributed by atoms with Crippen molar-refractivity contribution in [3.63, 3.8) is 0 Å². The van der Waals surface area contributed by atoms with Crippen LogP contribution >= 0.6 is 27.5 Å². The van der Waals surface area contributed by atoms with E-state index in [1.807, 2.05) is 31.2 Å². The van der Waals surface area contributed by atoms with Gasteiger partial charge in [0.15, 0.2) is 0 Å². The average molecular weight is 319 g/mol. The smallest absolute Gasteiger partial charge is 0.224 e. The molecule has 2 nitrogen and oxygen atoms in total. The van der Waals surface area contributed by atoms with Crippen LogP contribution in [0.1, 0.15) is 31.9 Å². The molecule has 2 atom stereocenters. The van der Waals surface area contributed by atoms with E-state index >= 15 is 0 Å². The first-order valence-electron chi connectivity index (χ1n) is 5.70. The monoisotopic (exact) mass is 317 g/mol. The van der Waals surface area contributed by atoms with Crippen LogP contribution in [0, 0.1) is 5.92 Å². The molecule has 0 aliphatic rings. The number of alkyl halides is 1. The van der Waals surface area contributed by atoms with Crippen molar-refractivity contribution in [2.75, 3.05) is 5.88 Å². The van der Waals surface area contributed by atoms with E-state index in [4.69, 9.17) is 11.6 Å². The largest absolute Gasteiger partial charge is 0.349 e. The SMILES string of the molecule is CCC(NC(=O)C(C)CCl)c1ccc(Br)cc1. The second-order valence-electron chi connectivity index (χ2n) is 4.08. The zero-order valence-corrected chi connectivity index (χ0v) is 12.4. The second kappa shape index (κ2) is 7.02. The molecular formula is C13H17BrClNO. The molecular weight excluding hydrogens is 302 g/mol. The maximum Gasteiger partial charge on any atom is 0.224 e. The van der Waals surface area contributed by atoms with Crippen molar-refractivity contribution < 1.29 is 4.79 Å². The highest BCUT2D eigenvalue weighted by Crippen LogP contribution is 2.20. The number of benzene rings is 1. The van der Waals surface area contributed by atoms with Gasteiger partial charge in [0, 0.05) is 16.3 Å². The van der Waals surface area contributed by atoms with Gasteiger partial charge in [0.1, 0.15) is 0 Å². The molecule has 0 spiro atoms. The normalized spacial score (nSPS) is 14.1. The summed E-state index contributed by atoms with van der Waals surface area (Å²) in [7, 11) is 0. The Balaban J connectivity index is 2.72. The number of carbonyl (C=O) groups is 1. The van der Waals surface area contributed by atoms with Gasteiger partial charge in [-0.25, -0.2) is 0 Å². The Morgan fingerprint density at radius 3 is 2.47 bits per heavy atom. The molecule has 1 aromatic rings. The fourth-order valence-corrected chi connectivity index (χ4v) is 1.90. The summed E-state index contributed by atoms with van der Waals surface area (Å²) in [5, 5.41) is 3.01. The highest BCUT2D eigenvalue weighted by Gasteiger charge is 2.16. The third-order valence-corrected chi connectivity index (χ3v) is 3.67. The molecule has 0 bridgehead atoms. The van der Waals surface area contributed by atoms with E-state index in [0.29, 0.717) is 5.88 Å². The number of amides is 1. The van der Waals surface area contributed by atoms with E-state index in [-0.39, 0.29) is 17.9 Å². The van der Waals surface area contributed by atoms with Crippen molar-refractivity contribution >= 4 is 33.4 Å². The van der Waals surface area contributed by atoms with Gasteiger partial charge in [-0.3, -0.25) is 4.79 Å². The molecule has 2 unspecified atom stereocenters. The molecule has 0 saturated carbocycles. The Morgan fingerprint density at radius 2 is 2.00 bits per heavy atom. The van der Waals surface area contributed by atoms with Crippen molar-refractivity contribution in [1.29, 1.82) is 0 Å². The molecule has 17 heavy (non-hydrogen) atoms. The van der Waals surface area contributed by atoms with Gasteiger partial charge in [-0.2, -0.15) is 0 Å². The molecule has 0 saturated heterocycles. The lowest BCUT2D eigenvalue weighted by atomic mass is 10.0. The number of hydrogen-bond donors (Lipinski definition) is 1. The summed E-state index contributed by atoms with van der Waals surface area (Å²) in [6.45, 7) is 3.88. The summed E-state index contributed by atoms with van der Waals surface area (Å²) < 4.78 is 1.04. The fraction of sp³-hybridized carbons (Fsp3) is 0.462. The third-order valence-electron chi connectivity index (χ3n) is 2.68. The van der Waals surface area contributed by atoms with Gasteiger partial charge in [-0.15, -0.1) is 11.6 Å². The van der Waals surface area contributed by atoms with Gasteiger partial charge < -0.3 is 5.32 Å². The molecule has 94 valence electrons. The number of nitrogens with one attached hydrogen (secondary N) is 1. The zero-order valence-electron chi connectivity index (χ0n) is 10.0. The van der Waals surface area contributed by atoms with Gasteiger partial charge >= 0.3 is 0 Å². The zero-order chi connectivity index (χ0) is 12.8. The maximum absolute atomic E-state index is 11.8. The van der Waals surface area contributed by atoms with E-state index in [0.717, 1.165) is 16.5 Å². The predicted molar refractivity (Wildman–Crippen MR) is 75.2 cm³/mol. The molecule has 0 aliphatic carbocycles. The Hall–Kier alpha value is -0.540. The number of halogens is 2. The summed E-state index contributed by atoms with van der Waals surface area (Å²) in [6, 6.07) is 8.05. The lowest BCUT2D eigenvalue weighted by Crippen LogP contribution is -2.33. The Kier molecular flexibility index (Phi) is 6.00. The molecule has 0 aliphatic heterocycles. The molecule has 1 N–H and O–H groups in total. The number of hydrogen-bond acceptors (Lipinski definition) is 1. The van der Waals surface area contributed by atoms with Crippen LogP contribution in [0.5, 0.6) is 0 Å². The molecule has 0 heterocycles. The minimum Gasteiger partial charge on any atom is -0.349 e. The van der Waals surface area contributed by atoms with Crippen LogP contribution in [0.3, 0.4) is 0 Å². The molecule has 4 heteroatoms. The first-order chi connectivity index (χ1) is 8.08. The highest BCUT2D eigenvalue weighted by molar-refractivity contribution is 9.10. The third kappa shape index (κ3) is 4.32. The Bertz CT molecular complexity index is 366. The van der Waals surface area contributed by atoms with Gasteiger partial charge in [0.05, 0.1) is 6.04 Å². The van der Waals surface area contributed by atoms with Crippen LogP contribution < -0.4 is 5.32 Å². The molecule has 0 aromatic heterocycles. The predicted octanol–water partition coefficient (Wildman–Crippen LogP) is 3.89. The van der Waals surface area contributed by atoms with Gasteiger partial charge in [-0.05, 0) is 24.1 Å². The summed E-state index contributed by atoms with van der Waals surface area (Å²) >= 11 is 9.07. The quantitative estimate of drug-likeness (QED) is 0.820. The van der Waals surface area contributed by atoms with Crippen molar-refractivity contribution in [2.45, 2.75) is 26.3 Å². The number of rotatable bonds is 5. The van der Waals surface area contributed by atoms with Gasteiger partial charge in [0.25, 0.3) is 0 Å². The van der Waals surface area contributed by atoms with Crippen LogP contribution in [0.2, 0.25) is 0 Å². The first-order valence-corrected chi connectivity index (χ1v) is 7.03. The molecule has 1 amide bonds. The lowest BCUT2D eigenvalue weighted by Gasteiger charge is -2.19. The summed E-state index contributed by atoms with van der Waals surface area (Å²) in [6.07, 6.45) is 0.863. The topological polar surface area (TPSA) is 29.1 Å². The number of carbonyl (C=O) groups excluding carboxylic acids is 1. The Labute approximate surface area is 116 Å². The standard InChI is InChI=1S/C13H17BrClNO/c1-3-12(16-13(17)9(2)8-15)10-4-6-11(14)7-5-10/h4-7,9,12H,3,8H2,1-2H3,(H,16,17). The molecule has 1 aromatic carbocycles. The lowest BCUT2D eigenvalue weighted by molar-refractivity contribution is -0.124. The molecule has 1 rings (SSSR count). The van der Waals surface area contributed by atoms with Gasteiger partial charge in [0.2, 0.25) is 5.91 Å². The summed E-state index contributed by atoms with van der Waals surface area (Å²) in [5.41, 5.74) is 1.12. The van der Waals surface area contributed by atoms with E-state index in [1.165, 1.54) is 0 Å². The second-order valence-corrected chi connectivity index (χ2v) is 5.30. The Morgan fingerprint density at radius 1 is 1.41 bits per heavy atom. The van der Waals surface area contributed by atoms with Crippen LogP contribution in [0.25, 0.3) is 0 Å². The molecule has 0 radical (unpaired) electrons. The van der Waals surface area contributed by atoms with E-state index in [9.17, 15) is 4.79 Å². The van der Waals surface area contributed by atoms with Crippen LogP contribution in [-0.2, 0) is 4.79 Å². The van der Waals surface area contributed by atoms with E-state index in [2.05, 4.69) is 28.2 Å². The summed E-state index contributed by atoms with van der Waals surface area (Å²) in [5.74, 6) is 0.207. The van der Waals surface area contributed by atoms with Crippen LogP contribution in [-0.4, -0.2) is 11.8 Å². The minimum absolute atomic E-state index is 0.00905. The van der Waals surface area contributed by atoms with E-state index < -0.39 is 0 Å². The van der Waals surface area contributed by atoms with Crippen LogP contribution in [0.4, 0.5) is 0 Å². The maximum atomic E-state index is 11.8. The van der Waals surface area contributed by atoms with Crippen molar-refractivity contribution in [1.82, 2.24) is 5.32 Å². The minimum atomic E-state index is -0.152. The summed E-state index contributed by atoms with van der Waals surface area (Å²) in [4.78, 5) is 11.8. The van der Waals surface area contributed by atoms with Gasteiger partial charge in [-0.1, -0.05) is 41.9 Å². The van der Waals surface area contributed by atoms with Crippen LogP contribution in [0.15, 0.2) is 28.7 Å². The first kappa shape index (κ1) is 14.5. The van der Waals surface area contributed by atoms with E-state index in [1.54, 1.807) is 0 Å². The van der Waals surface area contributed by atoms with Crippen molar-refractivity contribution in [3.05, 3.63) is 34.3 Å². The van der Waals surface area contributed by atoms with Crippen molar-refractivity contribution in [2.24, 2.45) is 5.92 Å². The molecule has 0 fully saturated rings.